The highest BCUT2D eigenvalue weighted by Gasteiger charge is 2.19. The Kier molecular flexibility index (Phi) is 3.08. The summed E-state index contributed by atoms with van der Waals surface area (Å²) in [6, 6.07) is 0.340. The highest BCUT2D eigenvalue weighted by molar-refractivity contribution is 6.45. The summed E-state index contributed by atoms with van der Waals surface area (Å²) in [5.74, 6) is 0.355. The third kappa shape index (κ3) is 3.03. The van der Waals surface area contributed by atoms with Crippen LogP contribution in [0.15, 0.2) is 0 Å². The van der Waals surface area contributed by atoms with E-state index in [-0.39, 0.29) is 0 Å². The van der Waals surface area contributed by atoms with Crippen LogP contribution in [0.4, 0.5) is 0 Å². The monoisotopic (exact) mass is 155 g/mol. The van der Waals surface area contributed by atoms with Gasteiger partial charge in [0, 0.05) is 12.8 Å². The normalized spacial score (nSPS) is 20.4. The van der Waals surface area contributed by atoms with Gasteiger partial charge in [0.15, 0.2) is 0 Å². The van der Waals surface area contributed by atoms with Gasteiger partial charge in [0.05, 0.1) is 0 Å². The maximum absolute atomic E-state index is 10.8. The quantitative estimate of drug-likeness (QED) is 0.560. The molecule has 0 amide bonds. The van der Waals surface area contributed by atoms with E-state index in [2.05, 4.69) is 5.23 Å². The number of rotatable bonds is 2. The summed E-state index contributed by atoms with van der Waals surface area (Å²) in [6.07, 6.45) is 3.10. The molecule has 0 unspecified atom stereocenters. The lowest BCUT2D eigenvalue weighted by Crippen LogP contribution is -2.41. The fourth-order valence-electron chi connectivity index (χ4n) is 1.45. The average Bonchev–Trinajstić information content (AvgIpc) is 1.93. The van der Waals surface area contributed by atoms with Gasteiger partial charge in [0.2, 0.25) is 0 Å². The molecule has 4 heteroatoms. The van der Waals surface area contributed by atoms with Crippen molar-refractivity contribution in [2.45, 2.75) is 38.5 Å². The number of hydrogen-bond acceptors (Lipinski definition) is 3. The summed E-state index contributed by atoms with van der Waals surface area (Å²) in [4.78, 5) is 10.8. The van der Waals surface area contributed by atoms with Crippen LogP contribution in [0.5, 0.6) is 0 Å². The van der Waals surface area contributed by atoms with Crippen LogP contribution in [0, 0.1) is 0 Å². The molecule has 0 aromatic carbocycles. The Balaban J connectivity index is 2.22. The Morgan fingerprint density at radius 2 is 2.09 bits per heavy atom. The van der Waals surface area contributed by atoms with Crippen LogP contribution in [0.2, 0.25) is 6.82 Å². The van der Waals surface area contributed by atoms with Crippen molar-refractivity contribution >= 4 is 12.8 Å². The van der Waals surface area contributed by atoms with E-state index in [1.54, 1.807) is 6.82 Å². The number of ketones is 1. The molecular formula is C7H14BNO2. The fraction of sp³-hybridized carbons (Fsp3) is 0.857. The minimum Gasteiger partial charge on any atom is -0.437 e. The molecule has 1 aliphatic carbocycles. The standard InChI is InChI=1S/C7H14BNO2/c1-8(11)9-6-2-4-7(10)5-3-6/h6,9,11H,2-5H2,1H3. The van der Waals surface area contributed by atoms with Crippen molar-refractivity contribution in [3.63, 3.8) is 0 Å². The summed E-state index contributed by atoms with van der Waals surface area (Å²) in [5, 5.41) is 12.0. The number of carbonyl (C=O) groups excluding carboxylic acids is 1. The van der Waals surface area contributed by atoms with Crippen LogP contribution < -0.4 is 5.23 Å². The predicted octanol–water partition coefficient (Wildman–Crippen LogP) is 0.198. The van der Waals surface area contributed by atoms with E-state index in [0.717, 1.165) is 12.8 Å². The Labute approximate surface area is 67.3 Å². The van der Waals surface area contributed by atoms with Crippen LogP contribution in [0.25, 0.3) is 0 Å². The summed E-state index contributed by atoms with van der Waals surface area (Å²) in [7, 11) is -0.451. The van der Waals surface area contributed by atoms with Crippen molar-refractivity contribution in [1.82, 2.24) is 5.23 Å². The van der Waals surface area contributed by atoms with E-state index in [1.807, 2.05) is 0 Å². The summed E-state index contributed by atoms with van der Waals surface area (Å²) < 4.78 is 0. The lowest BCUT2D eigenvalue weighted by molar-refractivity contribution is -0.120. The molecule has 0 aromatic rings. The third-order valence-electron chi connectivity index (χ3n) is 2.02. The van der Waals surface area contributed by atoms with Gasteiger partial charge in [0.1, 0.15) is 5.78 Å². The van der Waals surface area contributed by atoms with E-state index in [4.69, 9.17) is 5.02 Å². The van der Waals surface area contributed by atoms with E-state index >= 15 is 0 Å². The zero-order valence-electron chi connectivity index (χ0n) is 6.84. The Hall–Kier alpha value is -0.345. The predicted molar refractivity (Wildman–Crippen MR) is 44.2 cm³/mol. The molecule has 0 aliphatic heterocycles. The van der Waals surface area contributed by atoms with Gasteiger partial charge in [0.25, 0.3) is 0 Å². The molecule has 1 aliphatic rings. The van der Waals surface area contributed by atoms with Gasteiger partial charge in [-0.3, -0.25) is 4.79 Å². The smallest absolute Gasteiger partial charge is 0.373 e. The summed E-state index contributed by atoms with van der Waals surface area (Å²) in [5.41, 5.74) is 0. The Bertz CT molecular complexity index is 139. The highest BCUT2D eigenvalue weighted by Crippen LogP contribution is 2.14. The number of Topliss-reactive ketones (excluding diaryl/α,β-unsaturated/α-hetero) is 1. The first-order valence-corrected chi connectivity index (χ1v) is 4.14. The number of nitrogens with one attached hydrogen (secondary N) is 1. The van der Waals surface area contributed by atoms with Crippen molar-refractivity contribution in [3.8, 4) is 0 Å². The van der Waals surface area contributed by atoms with Gasteiger partial charge in [-0.1, -0.05) is 0 Å². The molecule has 0 aromatic heterocycles. The molecule has 3 nitrogen and oxygen atoms in total. The van der Waals surface area contributed by atoms with Crippen molar-refractivity contribution in [1.29, 1.82) is 0 Å². The molecular weight excluding hydrogens is 141 g/mol. The van der Waals surface area contributed by atoms with Crippen LogP contribution in [0.3, 0.4) is 0 Å². The fourth-order valence-corrected chi connectivity index (χ4v) is 1.45. The zero-order chi connectivity index (χ0) is 8.27. The Morgan fingerprint density at radius 1 is 1.55 bits per heavy atom. The lowest BCUT2D eigenvalue weighted by Gasteiger charge is -2.22. The third-order valence-corrected chi connectivity index (χ3v) is 2.02. The van der Waals surface area contributed by atoms with Gasteiger partial charge in [-0.25, -0.2) is 0 Å². The van der Waals surface area contributed by atoms with E-state index in [9.17, 15) is 4.79 Å². The zero-order valence-corrected chi connectivity index (χ0v) is 6.84. The van der Waals surface area contributed by atoms with E-state index < -0.39 is 7.05 Å². The minimum absolute atomic E-state index is 0.340. The molecule has 0 spiro atoms. The summed E-state index contributed by atoms with van der Waals surface area (Å²) >= 11 is 0. The largest absolute Gasteiger partial charge is 0.437 e. The molecule has 2 N–H and O–H groups in total. The second kappa shape index (κ2) is 3.88. The van der Waals surface area contributed by atoms with Gasteiger partial charge < -0.3 is 10.3 Å². The first-order chi connectivity index (χ1) is 5.18. The first kappa shape index (κ1) is 8.75. The Morgan fingerprint density at radius 3 is 2.55 bits per heavy atom. The number of hydrogen-bond donors (Lipinski definition) is 2. The SMILES string of the molecule is CB(O)NC1CCC(=O)CC1. The van der Waals surface area contributed by atoms with Crippen molar-refractivity contribution < 1.29 is 9.82 Å². The van der Waals surface area contributed by atoms with E-state index in [0.29, 0.717) is 24.7 Å². The maximum atomic E-state index is 10.8. The summed E-state index contributed by atoms with van der Waals surface area (Å²) in [6.45, 7) is 1.70. The molecule has 0 heterocycles. The topological polar surface area (TPSA) is 49.3 Å². The van der Waals surface area contributed by atoms with Crippen LogP contribution in [-0.2, 0) is 4.79 Å². The van der Waals surface area contributed by atoms with Crippen molar-refractivity contribution in [3.05, 3.63) is 0 Å². The van der Waals surface area contributed by atoms with Crippen LogP contribution in [0.1, 0.15) is 25.7 Å². The molecule has 1 fully saturated rings. The van der Waals surface area contributed by atoms with Crippen molar-refractivity contribution in [2.24, 2.45) is 0 Å². The molecule has 0 radical (unpaired) electrons. The van der Waals surface area contributed by atoms with Crippen molar-refractivity contribution in [2.75, 3.05) is 0 Å². The minimum atomic E-state index is -0.451. The molecule has 1 rings (SSSR count). The van der Waals surface area contributed by atoms with Gasteiger partial charge in [-0.05, 0) is 25.7 Å². The number of carbonyl (C=O) groups is 1. The highest BCUT2D eigenvalue weighted by atomic mass is 16.2. The molecule has 62 valence electrons. The van der Waals surface area contributed by atoms with Crippen LogP contribution >= 0.6 is 0 Å². The van der Waals surface area contributed by atoms with Gasteiger partial charge in [-0.15, -0.1) is 0 Å². The second-order valence-corrected chi connectivity index (χ2v) is 3.16. The average molecular weight is 155 g/mol. The van der Waals surface area contributed by atoms with Crippen LogP contribution in [-0.4, -0.2) is 23.9 Å². The van der Waals surface area contributed by atoms with Gasteiger partial charge in [-0.2, -0.15) is 0 Å². The van der Waals surface area contributed by atoms with Gasteiger partial charge >= 0.3 is 7.05 Å². The van der Waals surface area contributed by atoms with E-state index in [1.165, 1.54) is 0 Å². The molecule has 0 atom stereocenters. The molecule has 1 saturated carbocycles. The maximum Gasteiger partial charge on any atom is 0.373 e. The molecule has 0 saturated heterocycles. The second-order valence-electron chi connectivity index (χ2n) is 3.16. The molecule has 0 bridgehead atoms. The molecule has 11 heavy (non-hydrogen) atoms. The lowest BCUT2D eigenvalue weighted by atomic mass is 9.83. The first-order valence-electron chi connectivity index (χ1n) is 4.14.